The smallest absolute Gasteiger partial charge is 0.227 e. The number of hydrogen-bond acceptors (Lipinski definition) is 4. The van der Waals surface area contributed by atoms with E-state index < -0.39 is 0 Å². The Morgan fingerprint density at radius 1 is 1.24 bits per heavy atom. The van der Waals surface area contributed by atoms with Crippen LogP contribution in [0.2, 0.25) is 0 Å². The first-order valence-corrected chi connectivity index (χ1v) is 7.99. The highest BCUT2D eigenvalue weighted by Crippen LogP contribution is 2.33. The SMILES string of the molecule is O=C(C1CC(=O)N(C2CC2)C1)N1CCC(OCCO)CC1. The zero-order valence-electron chi connectivity index (χ0n) is 12.4. The molecule has 0 spiro atoms. The van der Waals surface area contributed by atoms with Gasteiger partial charge < -0.3 is 19.6 Å². The van der Waals surface area contributed by atoms with Crippen molar-refractivity contribution in [2.75, 3.05) is 32.8 Å². The van der Waals surface area contributed by atoms with Crippen LogP contribution in [0.3, 0.4) is 0 Å². The van der Waals surface area contributed by atoms with Crippen molar-refractivity contribution in [1.82, 2.24) is 9.80 Å². The Hall–Kier alpha value is -1.14. The zero-order valence-corrected chi connectivity index (χ0v) is 12.4. The summed E-state index contributed by atoms with van der Waals surface area (Å²) in [5.41, 5.74) is 0. The molecule has 2 saturated heterocycles. The molecule has 1 unspecified atom stereocenters. The van der Waals surface area contributed by atoms with Crippen LogP contribution >= 0.6 is 0 Å². The maximum atomic E-state index is 12.5. The van der Waals surface area contributed by atoms with Gasteiger partial charge in [-0.15, -0.1) is 0 Å². The van der Waals surface area contributed by atoms with Crippen molar-refractivity contribution in [1.29, 1.82) is 0 Å². The number of nitrogens with zero attached hydrogens (tertiary/aromatic N) is 2. The molecule has 118 valence electrons. The summed E-state index contributed by atoms with van der Waals surface area (Å²) in [6, 6.07) is 0.410. The average Bonchev–Trinajstić information content (AvgIpc) is 3.27. The van der Waals surface area contributed by atoms with E-state index in [0.29, 0.717) is 38.7 Å². The van der Waals surface area contributed by atoms with Gasteiger partial charge >= 0.3 is 0 Å². The van der Waals surface area contributed by atoms with Crippen LogP contribution in [-0.4, -0.2) is 71.7 Å². The highest BCUT2D eigenvalue weighted by molar-refractivity contribution is 5.89. The summed E-state index contributed by atoms with van der Waals surface area (Å²) < 4.78 is 5.51. The first-order chi connectivity index (χ1) is 10.2. The molecule has 6 heteroatoms. The van der Waals surface area contributed by atoms with E-state index in [1.807, 2.05) is 9.80 Å². The van der Waals surface area contributed by atoms with Crippen LogP contribution in [0.25, 0.3) is 0 Å². The molecule has 1 atom stereocenters. The number of ether oxygens (including phenoxy) is 1. The van der Waals surface area contributed by atoms with Crippen molar-refractivity contribution in [2.45, 2.75) is 44.2 Å². The van der Waals surface area contributed by atoms with Gasteiger partial charge in [-0.2, -0.15) is 0 Å². The first kappa shape index (κ1) is 14.8. The summed E-state index contributed by atoms with van der Waals surface area (Å²) in [5.74, 6) is 0.136. The molecule has 3 fully saturated rings. The van der Waals surface area contributed by atoms with Crippen molar-refractivity contribution in [2.24, 2.45) is 5.92 Å². The fourth-order valence-corrected chi connectivity index (χ4v) is 3.36. The number of carbonyl (C=O) groups excluding carboxylic acids is 2. The van der Waals surface area contributed by atoms with Gasteiger partial charge in [0.15, 0.2) is 0 Å². The lowest BCUT2D eigenvalue weighted by atomic mass is 10.0. The standard InChI is InChI=1S/C15H24N2O4/c18-7-8-21-13-3-5-16(6-4-13)15(20)11-9-14(19)17(10-11)12-1-2-12/h11-13,18H,1-10H2. The molecule has 2 aliphatic heterocycles. The van der Waals surface area contributed by atoms with Crippen LogP contribution in [0.4, 0.5) is 0 Å². The summed E-state index contributed by atoms with van der Waals surface area (Å²) in [6.45, 7) is 2.42. The van der Waals surface area contributed by atoms with Crippen LogP contribution in [0, 0.1) is 5.92 Å². The number of carbonyl (C=O) groups is 2. The van der Waals surface area contributed by atoms with Crippen molar-refractivity contribution in [3.63, 3.8) is 0 Å². The maximum Gasteiger partial charge on any atom is 0.227 e. The predicted molar refractivity (Wildman–Crippen MR) is 75.5 cm³/mol. The molecule has 21 heavy (non-hydrogen) atoms. The number of aliphatic hydroxyl groups is 1. The van der Waals surface area contributed by atoms with Gasteiger partial charge in [-0.25, -0.2) is 0 Å². The van der Waals surface area contributed by atoms with Gasteiger partial charge in [0.25, 0.3) is 0 Å². The Kier molecular flexibility index (Phi) is 4.45. The molecular weight excluding hydrogens is 272 g/mol. The Balaban J connectivity index is 1.47. The third-order valence-corrected chi connectivity index (χ3v) is 4.69. The van der Waals surface area contributed by atoms with Crippen molar-refractivity contribution >= 4 is 11.8 Å². The summed E-state index contributed by atoms with van der Waals surface area (Å²) >= 11 is 0. The third kappa shape index (κ3) is 3.37. The molecule has 0 aromatic rings. The molecule has 0 aromatic heterocycles. The molecule has 3 rings (SSSR count). The minimum atomic E-state index is -0.145. The number of rotatable bonds is 5. The van der Waals surface area contributed by atoms with E-state index in [0.717, 1.165) is 25.7 Å². The van der Waals surface area contributed by atoms with Crippen LogP contribution in [0.5, 0.6) is 0 Å². The molecule has 1 aliphatic carbocycles. The molecule has 2 heterocycles. The molecule has 1 saturated carbocycles. The van der Waals surface area contributed by atoms with E-state index in [2.05, 4.69) is 0 Å². The lowest BCUT2D eigenvalue weighted by molar-refractivity contribution is -0.138. The van der Waals surface area contributed by atoms with Crippen LogP contribution in [0.1, 0.15) is 32.1 Å². The second-order valence-corrected chi connectivity index (χ2v) is 6.30. The molecule has 3 aliphatic rings. The second-order valence-electron chi connectivity index (χ2n) is 6.30. The van der Waals surface area contributed by atoms with E-state index in [9.17, 15) is 9.59 Å². The summed E-state index contributed by atoms with van der Waals surface area (Å²) in [4.78, 5) is 28.2. The van der Waals surface area contributed by atoms with Gasteiger partial charge in [-0.05, 0) is 25.7 Å². The fraction of sp³-hybridized carbons (Fsp3) is 0.867. The number of hydrogen-bond donors (Lipinski definition) is 1. The van der Waals surface area contributed by atoms with E-state index in [1.54, 1.807) is 0 Å². The normalized spacial score (nSPS) is 27.5. The molecule has 6 nitrogen and oxygen atoms in total. The highest BCUT2D eigenvalue weighted by Gasteiger charge is 2.43. The van der Waals surface area contributed by atoms with E-state index in [1.165, 1.54) is 0 Å². The van der Waals surface area contributed by atoms with E-state index in [-0.39, 0.29) is 30.4 Å². The molecule has 1 N–H and O–H groups in total. The largest absolute Gasteiger partial charge is 0.394 e. The number of likely N-dealkylation sites (tertiary alicyclic amines) is 2. The van der Waals surface area contributed by atoms with Crippen LogP contribution in [0.15, 0.2) is 0 Å². The topological polar surface area (TPSA) is 70.1 Å². The van der Waals surface area contributed by atoms with Crippen LogP contribution in [-0.2, 0) is 14.3 Å². The van der Waals surface area contributed by atoms with Gasteiger partial charge in [0, 0.05) is 32.1 Å². The molecular formula is C15H24N2O4. The molecule has 0 radical (unpaired) electrons. The highest BCUT2D eigenvalue weighted by atomic mass is 16.5. The quantitative estimate of drug-likeness (QED) is 0.775. The Morgan fingerprint density at radius 3 is 2.57 bits per heavy atom. The zero-order chi connectivity index (χ0) is 14.8. The van der Waals surface area contributed by atoms with Gasteiger partial charge in [-0.3, -0.25) is 9.59 Å². The summed E-state index contributed by atoms with van der Waals surface area (Å²) in [6.07, 6.45) is 4.36. The Labute approximate surface area is 125 Å². The number of amides is 2. The van der Waals surface area contributed by atoms with Crippen molar-refractivity contribution < 1.29 is 19.4 Å². The van der Waals surface area contributed by atoms with Gasteiger partial charge in [0.1, 0.15) is 0 Å². The first-order valence-electron chi connectivity index (χ1n) is 7.99. The molecule has 2 amide bonds. The minimum absolute atomic E-state index is 0.0420. The Bertz CT molecular complexity index is 402. The third-order valence-electron chi connectivity index (χ3n) is 4.69. The van der Waals surface area contributed by atoms with E-state index >= 15 is 0 Å². The monoisotopic (exact) mass is 296 g/mol. The maximum absolute atomic E-state index is 12.5. The molecule has 0 aromatic carbocycles. The van der Waals surface area contributed by atoms with Gasteiger partial charge in [-0.1, -0.05) is 0 Å². The Morgan fingerprint density at radius 2 is 1.95 bits per heavy atom. The van der Waals surface area contributed by atoms with Crippen molar-refractivity contribution in [3.05, 3.63) is 0 Å². The van der Waals surface area contributed by atoms with Crippen LogP contribution < -0.4 is 0 Å². The van der Waals surface area contributed by atoms with Crippen molar-refractivity contribution in [3.8, 4) is 0 Å². The lowest BCUT2D eigenvalue weighted by Gasteiger charge is -2.33. The van der Waals surface area contributed by atoms with Gasteiger partial charge in [0.05, 0.1) is 25.2 Å². The number of piperidine rings is 1. The minimum Gasteiger partial charge on any atom is -0.394 e. The fourth-order valence-electron chi connectivity index (χ4n) is 3.36. The summed E-state index contributed by atoms with van der Waals surface area (Å²) in [5, 5.41) is 8.75. The van der Waals surface area contributed by atoms with E-state index in [4.69, 9.17) is 9.84 Å². The summed E-state index contributed by atoms with van der Waals surface area (Å²) in [7, 11) is 0. The number of aliphatic hydroxyl groups excluding tert-OH is 1. The molecule has 0 bridgehead atoms. The second kappa shape index (κ2) is 6.32. The predicted octanol–water partition coefficient (Wildman–Crippen LogP) is -0.00280. The lowest BCUT2D eigenvalue weighted by Crippen LogP contribution is -2.44. The average molecular weight is 296 g/mol. The van der Waals surface area contributed by atoms with Gasteiger partial charge in [0.2, 0.25) is 11.8 Å².